The summed E-state index contributed by atoms with van der Waals surface area (Å²) in [6.07, 6.45) is 4.70. The van der Waals surface area contributed by atoms with Crippen LogP contribution in [0.25, 0.3) is 39.1 Å². The van der Waals surface area contributed by atoms with Crippen LogP contribution in [-0.4, -0.2) is 19.1 Å². The Kier molecular flexibility index (Phi) is 8.29. The van der Waals surface area contributed by atoms with Crippen LogP contribution < -0.4 is 9.30 Å². The van der Waals surface area contributed by atoms with Gasteiger partial charge in [0.15, 0.2) is 0 Å². The van der Waals surface area contributed by atoms with E-state index in [2.05, 4.69) is 88.2 Å². The number of ether oxygens (including phenoxy) is 1. The number of hydrogen-bond acceptors (Lipinski definition) is 3. The number of para-hydroxylation sites is 1. The minimum absolute atomic E-state index is 0. The molecule has 0 N–H and O–H groups in total. The van der Waals surface area contributed by atoms with Crippen molar-refractivity contribution < 1.29 is 35.9 Å². The van der Waals surface area contributed by atoms with Gasteiger partial charge in [0.2, 0.25) is 0 Å². The summed E-state index contributed by atoms with van der Waals surface area (Å²) in [5.74, 6) is 1.61. The van der Waals surface area contributed by atoms with Gasteiger partial charge in [-0.3, -0.25) is 14.1 Å². The summed E-state index contributed by atoms with van der Waals surface area (Å²) in [6, 6.07) is 30.0. The quantitative estimate of drug-likeness (QED) is 0.124. The van der Waals surface area contributed by atoms with Gasteiger partial charge in [-0.15, -0.1) is 17.5 Å². The molecule has 0 radical (unpaired) electrons. The number of nitrogens with zero attached hydrogens (tertiary/aromatic N) is 5. The molecule has 0 aliphatic carbocycles. The van der Waals surface area contributed by atoms with Crippen molar-refractivity contribution in [1.82, 2.24) is 19.1 Å². The van der Waals surface area contributed by atoms with E-state index < -0.39 is 11.8 Å². The first-order valence-corrected chi connectivity index (χ1v) is 16.9. The summed E-state index contributed by atoms with van der Waals surface area (Å²) in [5, 5.41) is 1.95. The molecular formula is C44H45N5OPt-2. The Hall–Kier alpha value is -4.54. The number of fused-ring (bicyclic) bond motifs is 3. The van der Waals surface area contributed by atoms with E-state index >= 15 is 0 Å². The molecule has 264 valence electrons. The second kappa shape index (κ2) is 13.5. The number of aromatic nitrogens is 5. The van der Waals surface area contributed by atoms with Gasteiger partial charge in [0.05, 0.1) is 14.2 Å². The Bertz CT molecular complexity index is 2520. The number of pyridine rings is 2. The SMILES string of the molecule is [2H]c1c([2H])[n+](-c2cc(C(C)(C)C)cc(C(C)(C)C)c2)[c-]n1-c1[c-]c(Oc2[c-]c3c(cc2)c2ccccc2n3-c2cc(C([2H])([2H])C(C)(C)C)ccn2)ccn1.[Pt]. The maximum Gasteiger partial charge on any atom is 0.268 e. The molecule has 0 aliphatic rings. The van der Waals surface area contributed by atoms with Crippen LogP contribution in [0.5, 0.6) is 11.5 Å². The summed E-state index contributed by atoms with van der Waals surface area (Å²) >= 11 is 0. The molecule has 0 amide bonds. The fourth-order valence-electron chi connectivity index (χ4n) is 5.95. The third kappa shape index (κ3) is 7.72. The fourth-order valence-corrected chi connectivity index (χ4v) is 5.95. The van der Waals surface area contributed by atoms with Crippen molar-refractivity contribution in [2.24, 2.45) is 5.41 Å². The Morgan fingerprint density at radius 2 is 1.47 bits per heavy atom. The molecule has 0 saturated carbocycles. The molecule has 3 aromatic carbocycles. The molecule has 0 unspecified atom stereocenters. The van der Waals surface area contributed by atoms with Crippen molar-refractivity contribution in [2.75, 3.05) is 0 Å². The summed E-state index contributed by atoms with van der Waals surface area (Å²) in [7, 11) is 0. The zero-order chi connectivity index (χ0) is 39.0. The number of imidazole rings is 1. The van der Waals surface area contributed by atoms with E-state index in [0.717, 1.165) is 38.6 Å². The first-order chi connectivity index (χ1) is 25.2. The van der Waals surface area contributed by atoms with Gasteiger partial charge in [-0.2, -0.15) is 18.2 Å². The summed E-state index contributed by atoms with van der Waals surface area (Å²) in [5.41, 5.74) is 4.32. The summed E-state index contributed by atoms with van der Waals surface area (Å²) in [6.45, 7) is 18.7. The van der Waals surface area contributed by atoms with Gasteiger partial charge in [-0.25, -0.2) is 4.98 Å². The van der Waals surface area contributed by atoms with Gasteiger partial charge in [-0.1, -0.05) is 98.3 Å². The fraction of sp³-hybridized carbons (Fsp3) is 0.295. The van der Waals surface area contributed by atoms with Crippen LogP contribution in [0.3, 0.4) is 0 Å². The third-order valence-corrected chi connectivity index (χ3v) is 8.52. The van der Waals surface area contributed by atoms with E-state index in [1.807, 2.05) is 67.8 Å². The molecule has 0 atom stereocenters. The van der Waals surface area contributed by atoms with E-state index in [1.165, 1.54) is 4.57 Å². The molecule has 7 heteroatoms. The van der Waals surface area contributed by atoms with Crippen LogP contribution in [-0.2, 0) is 38.3 Å². The van der Waals surface area contributed by atoms with Gasteiger partial charge in [0.1, 0.15) is 5.82 Å². The van der Waals surface area contributed by atoms with Crippen LogP contribution in [0.4, 0.5) is 0 Å². The minimum Gasteiger partial charge on any atom is -0.522 e. The van der Waals surface area contributed by atoms with Gasteiger partial charge >= 0.3 is 0 Å². The van der Waals surface area contributed by atoms with Crippen LogP contribution in [0.15, 0.2) is 97.5 Å². The Morgan fingerprint density at radius 1 is 0.784 bits per heavy atom. The van der Waals surface area contributed by atoms with Crippen molar-refractivity contribution in [3.05, 3.63) is 133 Å². The maximum atomic E-state index is 8.90. The van der Waals surface area contributed by atoms with Crippen molar-refractivity contribution >= 4 is 21.8 Å². The largest absolute Gasteiger partial charge is 0.522 e. The average molecular weight is 859 g/mol. The van der Waals surface area contributed by atoms with Gasteiger partial charge in [-0.05, 0) is 80.8 Å². The van der Waals surface area contributed by atoms with Crippen LogP contribution in [0, 0.1) is 23.9 Å². The molecule has 0 spiro atoms. The molecule has 4 aromatic heterocycles. The number of rotatable bonds is 6. The molecule has 0 aliphatic heterocycles. The zero-order valence-electron chi connectivity index (χ0n) is 34.5. The molecule has 0 saturated heterocycles. The molecular weight excluding hydrogens is 810 g/mol. The number of hydrogen-bond donors (Lipinski definition) is 0. The van der Waals surface area contributed by atoms with Crippen molar-refractivity contribution in [1.29, 1.82) is 0 Å². The molecule has 0 bridgehead atoms. The second-order valence-electron chi connectivity index (χ2n) is 15.8. The van der Waals surface area contributed by atoms with Crippen molar-refractivity contribution in [3.8, 4) is 28.8 Å². The molecule has 0 fully saturated rings. The van der Waals surface area contributed by atoms with Gasteiger partial charge in [0, 0.05) is 53.6 Å². The van der Waals surface area contributed by atoms with E-state index in [0.29, 0.717) is 22.9 Å². The van der Waals surface area contributed by atoms with Crippen molar-refractivity contribution in [2.45, 2.75) is 79.5 Å². The van der Waals surface area contributed by atoms with E-state index in [-0.39, 0.29) is 50.1 Å². The van der Waals surface area contributed by atoms with Gasteiger partial charge in [0.25, 0.3) is 6.33 Å². The van der Waals surface area contributed by atoms with Crippen LogP contribution in [0.1, 0.15) is 84.5 Å². The first kappa shape index (κ1) is 31.2. The summed E-state index contributed by atoms with van der Waals surface area (Å²) < 4.78 is 46.9. The van der Waals surface area contributed by atoms with E-state index in [9.17, 15) is 0 Å². The first-order valence-electron chi connectivity index (χ1n) is 18.9. The molecule has 51 heavy (non-hydrogen) atoms. The van der Waals surface area contributed by atoms with Crippen LogP contribution >= 0.6 is 0 Å². The van der Waals surface area contributed by atoms with Crippen LogP contribution in [0.2, 0.25) is 0 Å². The molecule has 4 heterocycles. The summed E-state index contributed by atoms with van der Waals surface area (Å²) in [4.78, 5) is 9.17. The molecule has 7 rings (SSSR count). The normalized spacial score (nSPS) is 13.7. The second-order valence-corrected chi connectivity index (χ2v) is 15.8. The van der Waals surface area contributed by atoms with Gasteiger partial charge < -0.3 is 9.30 Å². The predicted molar refractivity (Wildman–Crippen MR) is 201 cm³/mol. The topological polar surface area (TPSA) is 48.8 Å². The third-order valence-electron chi connectivity index (χ3n) is 8.52. The monoisotopic (exact) mass is 858 g/mol. The average Bonchev–Trinajstić information content (AvgIpc) is 3.60. The Morgan fingerprint density at radius 3 is 2.18 bits per heavy atom. The Balaban J connectivity index is 0.00000514. The maximum absolute atomic E-state index is 8.90. The smallest absolute Gasteiger partial charge is 0.268 e. The minimum atomic E-state index is -1.60. The number of benzene rings is 3. The zero-order valence-corrected chi connectivity index (χ0v) is 32.8. The van der Waals surface area contributed by atoms with Crippen molar-refractivity contribution in [3.63, 3.8) is 0 Å². The standard InChI is InChI=1S/C44H45N5O.Pt/c1-42(2,3)28-30-16-18-46-41(22-30)49-38-13-11-10-12-36(38)37-15-14-34(26-39(37)49)50-35-17-19-45-40(27-35)48-21-20-47(29-48)33-24-31(43(4,5)6)23-32(25-33)44(7,8)9;/h10-25H,28H2,1-9H3;/q-2;/i20D,21D,28D2;. The van der Waals surface area contributed by atoms with E-state index in [4.69, 9.17) is 10.2 Å². The molecule has 7 aromatic rings. The Labute approximate surface area is 322 Å². The predicted octanol–water partition coefficient (Wildman–Crippen LogP) is 10.0. The van der Waals surface area contributed by atoms with E-state index in [1.54, 1.807) is 29.1 Å². The molecule has 6 nitrogen and oxygen atoms in total.